The second-order valence-electron chi connectivity index (χ2n) is 4.05. The Bertz CT molecular complexity index is 573. The minimum Gasteiger partial charge on any atom is -0.461 e. The van der Waals surface area contributed by atoms with E-state index in [1.54, 1.807) is 37.3 Å². The molecule has 0 bridgehead atoms. The first-order chi connectivity index (χ1) is 11.1. The van der Waals surface area contributed by atoms with Gasteiger partial charge in [-0.3, -0.25) is 4.79 Å². The summed E-state index contributed by atoms with van der Waals surface area (Å²) in [5.74, 6) is -2.57. The van der Waals surface area contributed by atoms with E-state index in [9.17, 15) is 14.4 Å². The maximum absolute atomic E-state index is 11.6. The first kappa shape index (κ1) is 18.6. The van der Waals surface area contributed by atoms with Crippen LogP contribution in [0.4, 0.5) is 0 Å². The van der Waals surface area contributed by atoms with Gasteiger partial charge in [0, 0.05) is 0 Å². The number of benzene rings is 1. The predicted molar refractivity (Wildman–Crippen MR) is 82.5 cm³/mol. The summed E-state index contributed by atoms with van der Waals surface area (Å²) in [5, 5.41) is 3.40. The molecule has 0 fully saturated rings. The number of Topliss-reactive ketones (excluding diaryl/α,β-unsaturated/α-hetero) is 1. The summed E-state index contributed by atoms with van der Waals surface area (Å²) in [5.41, 5.74) is -0.128. The van der Waals surface area contributed by atoms with Gasteiger partial charge in [-0.25, -0.2) is 9.59 Å². The minimum absolute atomic E-state index is 0.0854. The fourth-order valence-electron chi connectivity index (χ4n) is 1.40. The molecule has 1 rings (SSSR count). The summed E-state index contributed by atoms with van der Waals surface area (Å²) in [4.78, 5) is 39.4. The molecule has 0 aromatic heterocycles. The highest BCUT2D eigenvalue weighted by Crippen LogP contribution is 2.01. The van der Waals surface area contributed by atoms with Gasteiger partial charge in [0.15, 0.2) is 6.61 Å². The van der Waals surface area contributed by atoms with Crippen molar-refractivity contribution in [1.29, 1.82) is 0 Å². The monoisotopic (exact) mass is 341 g/mol. The number of oxime groups is 1. The third kappa shape index (κ3) is 6.48. The van der Waals surface area contributed by atoms with Crippen molar-refractivity contribution in [2.75, 3.05) is 25.7 Å². The zero-order chi connectivity index (χ0) is 17.1. The Kier molecular flexibility index (Phi) is 8.38. The average Bonchev–Trinajstić information content (AvgIpc) is 2.58. The molecule has 0 radical (unpaired) electrons. The van der Waals surface area contributed by atoms with Crippen LogP contribution < -0.4 is 0 Å². The Hall–Kier alpha value is -2.41. The van der Waals surface area contributed by atoms with Gasteiger partial charge in [0.05, 0.1) is 18.1 Å². The fourth-order valence-corrected chi connectivity index (χ4v) is 1.53. The number of ketones is 1. The maximum atomic E-state index is 11.6. The number of hydrogen-bond acceptors (Lipinski definition) is 7. The van der Waals surface area contributed by atoms with E-state index in [4.69, 9.17) is 21.2 Å². The van der Waals surface area contributed by atoms with Crippen LogP contribution in [0.5, 0.6) is 0 Å². The molecule has 0 amide bonds. The molecule has 0 saturated carbocycles. The van der Waals surface area contributed by atoms with Gasteiger partial charge in [0.1, 0.15) is 6.61 Å². The van der Waals surface area contributed by atoms with Crippen molar-refractivity contribution >= 4 is 35.0 Å². The number of alkyl halides is 1. The van der Waals surface area contributed by atoms with E-state index in [1.807, 2.05) is 0 Å². The standard InChI is InChI=1S/C15H16ClNO6/c1-2-21-15(20)13(12(18)10-16)17-23-9-8-22-14(19)11-6-4-3-5-7-11/h3-7H,2,8-10H2,1H3. The van der Waals surface area contributed by atoms with E-state index >= 15 is 0 Å². The van der Waals surface area contributed by atoms with Gasteiger partial charge in [-0.05, 0) is 19.1 Å². The molecule has 0 saturated heterocycles. The molecule has 23 heavy (non-hydrogen) atoms. The van der Waals surface area contributed by atoms with Gasteiger partial charge in [0.25, 0.3) is 0 Å². The molecule has 0 spiro atoms. The summed E-state index contributed by atoms with van der Waals surface area (Å²) in [7, 11) is 0. The summed E-state index contributed by atoms with van der Waals surface area (Å²) in [6.45, 7) is 1.45. The number of halogens is 1. The molecule has 0 unspecified atom stereocenters. The Morgan fingerprint density at radius 3 is 2.39 bits per heavy atom. The van der Waals surface area contributed by atoms with Crippen LogP contribution in [0.1, 0.15) is 17.3 Å². The first-order valence-electron chi connectivity index (χ1n) is 6.78. The van der Waals surface area contributed by atoms with Crippen molar-refractivity contribution in [3.63, 3.8) is 0 Å². The van der Waals surface area contributed by atoms with E-state index in [1.165, 1.54) is 0 Å². The van der Waals surface area contributed by atoms with Crippen LogP contribution in [-0.4, -0.2) is 49.1 Å². The topological polar surface area (TPSA) is 91.3 Å². The summed E-state index contributed by atoms with van der Waals surface area (Å²) >= 11 is 5.38. The molecule has 0 atom stereocenters. The van der Waals surface area contributed by atoms with Crippen molar-refractivity contribution < 1.29 is 28.7 Å². The molecule has 0 aliphatic heterocycles. The molecule has 0 heterocycles. The van der Waals surface area contributed by atoms with Crippen molar-refractivity contribution in [3.05, 3.63) is 35.9 Å². The van der Waals surface area contributed by atoms with Crippen molar-refractivity contribution in [2.45, 2.75) is 6.92 Å². The number of ether oxygens (including phenoxy) is 2. The second-order valence-corrected chi connectivity index (χ2v) is 4.32. The van der Waals surface area contributed by atoms with E-state index < -0.39 is 29.3 Å². The van der Waals surface area contributed by atoms with Crippen LogP contribution in [0, 0.1) is 0 Å². The Balaban J connectivity index is 2.45. The van der Waals surface area contributed by atoms with Crippen LogP contribution in [-0.2, 0) is 23.9 Å². The van der Waals surface area contributed by atoms with Gasteiger partial charge in [0.2, 0.25) is 11.5 Å². The van der Waals surface area contributed by atoms with Crippen molar-refractivity contribution in [1.82, 2.24) is 0 Å². The SMILES string of the molecule is CCOC(=O)C(=NOCCOC(=O)c1ccccc1)C(=O)CCl. The molecule has 0 aliphatic rings. The van der Waals surface area contributed by atoms with E-state index in [2.05, 4.69) is 9.89 Å². The normalized spacial score (nSPS) is 10.8. The van der Waals surface area contributed by atoms with Crippen LogP contribution in [0.15, 0.2) is 35.5 Å². The van der Waals surface area contributed by atoms with Gasteiger partial charge >= 0.3 is 11.9 Å². The Morgan fingerprint density at radius 2 is 1.78 bits per heavy atom. The highest BCUT2D eigenvalue weighted by Gasteiger charge is 2.22. The number of carbonyl (C=O) groups excluding carboxylic acids is 3. The number of carbonyl (C=O) groups is 3. The van der Waals surface area contributed by atoms with Gasteiger partial charge < -0.3 is 14.3 Å². The highest BCUT2D eigenvalue weighted by atomic mass is 35.5. The van der Waals surface area contributed by atoms with E-state index in [-0.39, 0.29) is 19.8 Å². The zero-order valence-electron chi connectivity index (χ0n) is 12.5. The third-order valence-electron chi connectivity index (χ3n) is 2.43. The summed E-state index contributed by atoms with van der Waals surface area (Å²) in [6, 6.07) is 8.42. The first-order valence-corrected chi connectivity index (χ1v) is 7.32. The molecule has 0 aliphatic carbocycles. The lowest BCUT2D eigenvalue weighted by molar-refractivity contribution is -0.136. The lowest BCUT2D eigenvalue weighted by atomic mass is 10.2. The number of rotatable bonds is 9. The fraction of sp³-hybridized carbons (Fsp3) is 0.333. The quantitative estimate of drug-likeness (QED) is 0.169. The van der Waals surface area contributed by atoms with Crippen molar-refractivity contribution in [3.8, 4) is 0 Å². The Morgan fingerprint density at radius 1 is 1.09 bits per heavy atom. The van der Waals surface area contributed by atoms with Crippen molar-refractivity contribution in [2.24, 2.45) is 5.16 Å². The second kappa shape index (κ2) is 10.3. The third-order valence-corrected chi connectivity index (χ3v) is 2.67. The van der Waals surface area contributed by atoms with Crippen LogP contribution >= 0.6 is 11.6 Å². The number of hydrogen-bond donors (Lipinski definition) is 0. The van der Waals surface area contributed by atoms with Gasteiger partial charge in [-0.2, -0.15) is 0 Å². The molecule has 0 N–H and O–H groups in total. The highest BCUT2D eigenvalue weighted by molar-refractivity contribution is 6.67. The largest absolute Gasteiger partial charge is 0.461 e. The van der Waals surface area contributed by atoms with Crippen LogP contribution in [0.2, 0.25) is 0 Å². The average molecular weight is 342 g/mol. The van der Waals surface area contributed by atoms with E-state index in [0.717, 1.165) is 0 Å². The lowest BCUT2D eigenvalue weighted by Gasteiger charge is -2.05. The van der Waals surface area contributed by atoms with Crippen LogP contribution in [0.3, 0.4) is 0 Å². The molecule has 1 aromatic carbocycles. The van der Waals surface area contributed by atoms with Gasteiger partial charge in [-0.1, -0.05) is 23.4 Å². The smallest absolute Gasteiger partial charge is 0.364 e. The number of nitrogens with zero attached hydrogens (tertiary/aromatic N) is 1. The van der Waals surface area contributed by atoms with Gasteiger partial charge in [-0.15, -0.1) is 11.6 Å². The minimum atomic E-state index is -0.917. The molecule has 1 aromatic rings. The molecule has 8 heteroatoms. The predicted octanol–water partition coefficient (Wildman–Crippen LogP) is 1.59. The summed E-state index contributed by atoms with van der Waals surface area (Å²) in [6.07, 6.45) is 0. The lowest BCUT2D eigenvalue weighted by Crippen LogP contribution is -2.28. The molecule has 124 valence electrons. The molecule has 7 nitrogen and oxygen atoms in total. The molecular formula is C15H16ClNO6. The Labute approximate surface area is 138 Å². The zero-order valence-corrected chi connectivity index (χ0v) is 13.2. The van der Waals surface area contributed by atoms with Crippen LogP contribution in [0.25, 0.3) is 0 Å². The van der Waals surface area contributed by atoms with E-state index in [0.29, 0.717) is 5.56 Å². The number of esters is 2. The maximum Gasteiger partial charge on any atom is 0.364 e. The molecular weight excluding hydrogens is 326 g/mol. The summed E-state index contributed by atoms with van der Waals surface area (Å²) < 4.78 is 9.61.